The molecule has 0 bridgehead atoms. The summed E-state index contributed by atoms with van der Waals surface area (Å²) in [4.78, 5) is 12.3. The van der Waals surface area contributed by atoms with Crippen LogP contribution in [0.2, 0.25) is 0 Å². The molecule has 1 N–H and O–H groups in total. The predicted molar refractivity (Wildman–Crippen MR) is 113 cm³/mol. The maximum atomic E-state index is 12.3. The van der Waals surface area contributed by atoms with Crippen LogP contribution in [0.25, 0.3) is 0 Å². The van der Waals surface area contributed by atoms with Gasteiger partial charge in [0, 0.05) is 25.2 Å². The zero-order valence-corrected chi connectivity index (χ0v) is 17.2. The van der Waals surface area contributed by atoms with Gasteiger partial charge in [-0.15, -0.1) is 0 Å². The summed E-state index contributed by atoms with van der Waals surface area (Å²) in [5, 5.41) is 2.95. The number of hydrogen-bond donors (Lipinski definition) is 1. The number of sulfonamides is 1. The zero-order chi connectivity index (χ0) is 20.0. The van der Waals surface area contributed by atoms with Crippen LogP contribution in [0.4, 0.5) is 5.69 Å². The Balaban J connectivity index is 1.57. The van der Waals surface area contributed by atoms with Crippen molar-refractivity contribution in [1.82, 2.24) is 4.31 Å². The van der Waals surface area contributed by atoms with Crippen LogP contribution in [0.15, 0.2) is 48.5 Å². The number of aryl methyl sites for hydroxylation is 1. The molecular formula is C22H28N2O3S. The third-order valence-electron chi connectivity index (χ3n) is 5.03. The first-order valence-electron chi connectivity index (χ1n) is 9.91. The van der Waals surface area contributed by atoms with Crippen LogP contribution >= 0.6 is 0 Å². The van der Waals surface area contributed by atoms with Gasteiger partial charge in [0.25, 0.3) is 0 Å². The Bertz CT molecular complexity index is 911. The van der Waals surface area contributed by atoms with Crippen molar-refractivity contribution in [2.24, 2.45) is 0 Å². The van der Waals surface area contributed by atoms with Gasteiger partial charge < -0.3 is 5.32 Å². The zero-order valence-electron chi connectivity index (χ0n) is 16.4. The van der Waals surface area contributed by atoms with E-state index in [1.165, 1.54) is 5.56 Å². The van der Waals surface area contributed by atoms with Crippen LogP contribution < -0.4 is 5.32 Å². The Morgan fingerprint density at radius 3 is 2.64 bits per heavy atom. The molecule has 0 radical (unpaired) electrons. The van der Waals surface area contributed by atoms with E-state index >= 15 is 0 Å². The van der Waals surface area contributed by atoms with Gasteiger partial charge in [0.05, 0.1) is 5.75 Å². The molecule has 0 aromatic heterocycles. The highest BCUT2D eigenvalue weighted by atomic mass is 32.2. The molecule has 0 spiro atoms. The molecule has 1 aliphatic rings. The van der Waals surface area contributed by atoms with Crippen molar-refractivity contribution in [1.29, 1.82) is 0 Å². The van der Waals surface area contributed by atoms with Gasteiger partial charge in [-0.3, -0.25) is 4.79 Å². The fourth-order valence-electron chi connectivity index (χ4n) is 3.55. The average molecular weight is 401 g/mol. The molecule has 2 aromatic rings. The maximum absolute atomic E-state index is 12.3. The van der Waals surface area contributed by atoms with E-state index in [0.29, 0.717) is 32.4 Å². The Morgan fingerprint density at radius 2 is 1.89 bits per heavy atom. The lowest BCUT2D eigenvalue weighted by atomic mass is 10.0. The average Bonchev–Trinajstić information content (AvgIpc) is 2.68. The highest BCUT2D eigenvalue weighted by Crippen LogP contribution is 2.25. The van der Waals surface area contributed by atoms with Crippen molar-refractivity contribution in [2.75, 3.05) is 17.6 Å². The van der Waals surface area contributed by atoms with E-state index in [1.807, 2.05) is 43.3 Å². The normalized spacial score (nSPS) is 14.5. The Hall–Kier alpha value is -2.18. The molecule has 0 saturated carbocycles. The number of benzene rings is 2. The first-order valence-corrected chi connectivity index (χ1v) is 11.5. The molecule has 150 valence electrons. The maximum Gasteiger partial charge on any atom is 0.224 e. The van der Waals surface area contributed by atoms with Gasteiger partial charge in [-0.05, 0) is 54.5 Å². The van der Waals surface area contributed by atoms with Gasteiger partial charge in [-0.2, -0.15) is 4.31 Å². The Kier molecular flexibility index (Phi) is 6.86. The Labute approximate surface area is 167 Å². The van der Waals surface area contributed by atoms with E-state index in [9.17, 15) is 13.2 Å². The summed E-state index contributed by atoms with van der Waals surface area (Å²) in [6, 6.07) is 16.0. The van der Waals surface area contributed by atoms with Gasteiger partial charge in [0.15, 0.2) is 0 Å². The summed E-state index contributed by atoms with van der Waals surface area (Å²) in [5.41, 5.74) is 4.11. The van der Waals surface area contributed by atoms with E-state index in [1.54, 1.807) is 4.31 Å². The largest absolute Gasteiger partial charge is 0.326 e. The molecule has 2 aromatic carbocycles. The molecule has 0 atom stereocenters. The minimum Gasteiger partial charge on any atom is -0.326 e. The number of amides is 1. The number of hydrogen-bond acceptors (Lipinski definition) is 3. The molecule has 5 nitrogen and oxygen atoms in total. The number of carbonyl (C=O) groups excluding carboxylic acids is 1. The summed E-state index contributed by atoms with van der Waals surface area (Å²) >= 11 is 0. The predicted octanol–water partition coefficient (Wildman–Crippen LogP) is 3.75. The molecule has 28 heavy (non-hydrogen) atoms. The molecular weight excluding hydrogens is 372 g/mol. The fraction of sp³-hybridized carbons (Fsp3) is 0.409. The standard InChI is InChI=1S/C22H28N2O3S/c1-2-15-28(26,27)24-14-13-19-11-12-21(16-20(19)17-24)23-22(25)10-6-9-18-7-4-3-5-8-18/h3-5,7-8,11-12,16H,2,6,9-10,13-15,17H2,1H3,(H,23,25). The molecule has 1 aliphatic heterocycles. The number of nitrogens with zero attached hydrogens (tertiary/aromatic N) is 1. The van der Waals surface area contributed by atoms with Crippen LogP contribution in [-0.2, 0) is 34.2 Å². The second-order valence-electron chi connectivity index (χ2n) is 7.27. The molecule has 1 amide bonds. The van der Waals surface area contributed by atoms with Gasteiger partial charge in [0.1, 0.15) is 0 Å². The van der Waals surface area contributed by atoms with Gasteiger partial charge >= 0.3 is 0 Å². The summed E-state index contributed by atoms with van der Waals surface area (Å²) in [6.45, 7) is 2.79. The van der Waals surface area contributed by atoms with Gasteiger partial charge in [-0.1, -0.05) is 43.3 Å². The monoisotopic (exact) mass is 400 g/mol. The summed E-state index contributed by atoms with van der Waals surface area (Å²) in [7, 11) is -3.20. The minimum absolute atomic E-state index is 0.0119. The van der Waals surface area contributed by atoms with Crippen molar-refractivity contribution in [3.8, 4) is 0 Å². The van der Waals surface area contributed by atoms with E-state index in [4.69, 9.17) is 0 Å². The Morgan fingerprint density at radius 1 is 1.11 bits per heavy atom. The first kappa shape index (κ1) is 20.6. The number of carbonyl (C=O) groups is 1. The van der Waals surface area contributed by atoms with E-state index in [-0.39, 0.29) is 11.7 Å². The SMILES string of the molecule is CCCS(=O)(=O)N1CCc2ccc(NC(=O)CCCc3ccccc3)cc2C1. The molecule has 0 unspecified atom stereocenters. The van der Waals surface area contributed by atoms with Crippen LogP contribution in [0, 0.1) is 0 Å². The quantitative estimate of drug-likeness (QED) is 0.734. The molecule has 0 fully saturated rings. The van der Waals surface area contributed by atoms with Crippen LogP contribution in [0.5, 0.6) is 0 Å². The summed E-state index contributed by atoms with van der Waals surface area (Å²) < 4.78 is 26.3. The minimum atomic E-state index is -3.20. The number of anilines is 1. The second-order valence-corrected chi connectivity index (χ2v) is 9.36. The third kappa shape index (κ3) is 5.42. The van der Waals surface area contributed by atoms with E-state index in [2.05, 4.69) is 17.4 Å². The highest BCUT2D eigenvalue weighted by molar-refractivity contribution is 7.89. The van der Waals surface area contributed by atoms with Gasteiger partial charge in [0.2, 0.25) is 15.9 Å². The van der Waals surface area contributed by atoms with Crippen LogP contribution in [0.1, 0.15) is 42.9 Å². The second kappa shape index (κ2) is 9.34. The van der Waals surface area contributed by atoms with Gasteiger partial charge in [-0.25, -0.2) is 8.42 Å². The summed E-state index contributed by atoms with van der Waals surface area (Å²) in [5.74, 6) is 0.169. The fourth-order valence-corrected chi connectivity index (χ4v) is 5.03. The topological polar surface area (TPSA) is 66.5 Å². The summed E-state index contributed by atoms with van der Waals surface area (Å²) in [6.07, 6.45) is 3.46. The van der Waals surface area contributed by atoms with Crippen molar-refractivity contribution in [3.63, 3.8) is 0 Å². The van der Waals surface area contributed by atoms with Crippen LogP contribution in [-0.4, -0.2) is 30.9 Å². The molecule has 0 saturated heterocycles. The smallest absolute Gasteiger partial charge is 0.224 e. The van der Waals surface area contributed by atoms with Crippen molar-refractivity contribution in [3.05, 3.63) is 65.2 Å². The van der Waals surface area contributed by atoms with E-state index in [0.717, 1.165) is 29.7 Å². The highest BCUT2D eigenvalue weighted by Gasteiger charge is 2.26. The number of rotatable bonds is 8. The molecule has 6 heteroatoms. The lowest BCUT2D eigenvalue weighted by molar-refractivity contribution is -0.116. The lowest BCUT2D eigenvalue weighted by Crippen LogP contribution is -2.37. The first-order chi connectivity index (χ1) is 13.5. The van der Waals surface area contributed by atoms with Crippen molar-refractivity contribution in [2.45, 2.75) is 45.6 Å². The molecule has 1 heterocycles. The van der Waals surface area contributed by atoms with Crippen molar-refractivity contribution >= 4 is 21.6 Å². The molecule has 3 rings (SSSR count). The van der Waals surface area contributed by atoms with Crippen LogP contribution in [0.3, 0.4) is 0 Å². The number of fused-ring (bicyclic) bond motifs is 1. The number of nitrogens with one attached hydrogen (secondary N) is 1. The van der Waals surface area contributed by atoms with E-state index < -0.39 is 10.0 Å². The third-order valence-corrected chi connectivity index (χ3v) is 7.06. The van der Waals surface area contributed by atoms with Crippen molar-refractivity contribution < 1.29 is 13.2 Å². The molecule has 0 aliphatic carbocycles. The lowest BCUT2D eigenvalue weighted by Gasteiger charge is -2.28.